The Hall–Kier alpha value is -1.45. The summed E-state index contributed by atoms with van der Waals surface area (Å²) in [4.78, 5) is 12.8. The van der Waals surface area contributed by atoms with Gasteiger partial charge in [0.2, 0.25) is 5.79 Å². The number of fused-ring (bicyclic) bond motifs is 2. The normalized spacial score (nSPS) is 31.2. The molecule has 0 unspecified atom stereocenters. The van der Waals surface area contributed by atoms with E-state index in [1.54, 1.807) is 14.2 Å². The van der Waals surface area contributed by atoms with Crippen molar-refractivity contribution < 1.29 is 14.3 Å². The lowest BCUT2D eigenvalue weighted by molar-refractivity contribution is -0.239. The summed E-state index contributed by atoms with van der Waals surface area (Å²) >= 11 is 0. The van der Waals surface area contributed by atoms with E-state index in [1.807, 2.05) is 18.2 Å². The third-order valence-corrected chi connectivity index (χ3v) is 4.85. The van der Waals surface area contributed by atoms with Crippen LogP contribution < -0.4 is 0 Å². The highest BCUT2D eigenvalue weighted by Crippen LogP contribution is 2.52. The zero-order valence-corrected chi connectivity index (χ0v) is 12.1. The fraction of sp³-hybridized carbons (Fsp3) is 0.471. The minimum atomic E-state index is -1.09. The highest BCUT2D eigenvalue weighted by molar-refractivity contribution is 5.93. The Kier molecular flexibility index (Phi) is 3.27. The van der Waals surface area contributed by atoms with Crippen LogP contribution >= 0.6 is 0 Å². The summed E-state index contributed by atoms with van der Waals surface area (Å²) in [6.07, 6.45) is 2.99. The molecular weight excluding hydrogens is 252 g/mol. The monoisotopic (exact) mass is 272 g/mol. The molecule has 1 saturated carbocycles. The van der Waals surface area contributed by atoms with Crippen LogP contribution in [0.2, 0.25) is 0 Å². The first-order chi connectivity index (χ1) is 9.64. The van der Waals surface area contributed by atoms with Crippen LogP contribution in [0.1, 0.15) is 24.8 Å². The van der Waals surface area contributed by atoms with E-state index in [1.165, 1.54) is 11.1 Å². The Bertz CT molecular complexity index is 543. The van der Waals surface area contributed by atoms with Crippen molar-refractivity contribution >= 4 is 5.78 Å². The zero-order chi connectivity index (χ0) is 14.3. The molecule has 3 aliphatic carbocycles. The molecule has 106 valence electrons. The van der Waals surface area contributed by atoms with Crippen molar-refractivity contribution in [2.45, 2.75) is 25.0 Å². The number of carbonyl (C=O) groups excluding carboxylic acids is 1. The fourth-order valence-electron chi connectivity index (χ4n) is 3.83. The van der Waals surface area contributed by atoms with Crippen molar-refractivity contribution in [2.75, 3.05) is 14.2 Å². The quantitative estimate of drug-likeness (QED) is 0.627. The number of benzene rings is 1. The summed E-state index contributed by atoms with van der Waals surface area (Å²) in [6, 6.07) is 10.3. The maximum Gasteiger partial charge on any atom is 0.235 e. The number of Topliss-reactive ketones (excluding diaryl/α,β-unsaturated/α-hetero) is 1. The Morgan fingerprint density at radius 1 is 1.15 bits per heavy atom. The van der Waals surface area contributed by atoms with Crippen LogP contribution in [0, 0.1) is 11.8 Å². The first-order valence-electron chi connectivity index (χ1n) is 7.02. The molecule has 3 heteroatoms. The lowest BCUT2D eigenvalue weighted by Gasteiger charge is -2.50. The molecule has 2 bridgehead atoms. The first-order valence-corrected chi connectivity index (χ1v) is 7.02. The molecule has 3 aliphatic rings. The van der Waals surface area contributed by atoms with Crippen molar-refractivity contribution in [2.24, 2.45) is 11.8 Å². The summed E-state index contributed by atoms with van der Waals surface area (Å²) in [5.74, 6) is -0.953. The van der Waals surface area contributed by atoms with Gasteiger partial charge in [-0.1, -0.05) is 42.0 Å². The van der Waals surface area contributed by atoms with Gasteiger partial charge in [0.1, 0.15) is 0 Å². The Balaban J connectivity index is 2.03. The molecule has 0 N–H and O–H groups in total. The highest BCUT2D eigenvalue weighted by atomic mass is 16.7. The second-order valence-corrected chi connectivity index (χ2v) is 5.68. The molecule has 4 rings (SSSR count). The molecule has 0 heterocycles. The van der Waals surface area contributed by atoms with Gasteiger partial charge in [0.15, 0.2) is 5.78 Å². The van der Waals surface area contributed by atoms with E-state index in [0.717, 1.165) is 6.42 Å². The number of ether oxygens (including phenoxy) is 2. The van der Waals surface area contributed by atoms with E-state index < -0.39 is 5.79 Å². The van der Waals surface area contributed by atoms with Gasteiger partial charge in [-0.25, -0.2) is 0 Å². The second kappa shape index (κ2) is 4.83. The maximum absolute atomic E-state index is 12.8. The van der Waals surface area contributed by atoms with Gasteiger partial charge >= 0.3 is 0 Å². The Morgan fingerprint density at radius 3 is 2.40 bits per heavy atom. The largest absolute Gasteiger partial charge is 0.347 e. The molecule has 0 amide bonds. The molecule has 1 fully saturated rings. The van der Waals surface area contributed by atoms with E-state index in [-0.39, 0.29) is 23.5 Å². The predicted molar refractivity (Wildman–Crippen MR) is 76.3 cm³/mol. The molecule has 3 atom stereocenters. The standard InChI is InChI=1S/C17H20O3/c1-11-9-14-13(12-7-5-4-6-8-12)10-15(11)17(19-2,20-3)16(14)18/h4-9,13-15H,10H2,1-3H3/t13-,14+,15+/m0/s1. The minimum absolute atomic E-state index is 0.000191. The minimum Gasteiger partial charge on any atom is -0.347 e. The summed E-state index contributed by atoms with van der Waals surface area (Å²) in [5.41, 5.74) is 2.42. The molecule has 0 saturated heterocycles. The van der Waals surface area contributed by atoms with Gasteiger partial charge in [-0.15, -0.1) is 0 Å². The van der Waals surface area contributed by atoms with Crippen molar-refractivity contribution in [3.63, 3.8) is 0 Å². The number of hydrogen-bond acceptors (Lipinski definition) is 3. The van der Waals surface area contributed by atoms with E-state index in [4.69, 9.17) is 9.47 Å². The van der Waals surface area contributed by atoms with Crippen LogP contribution in [0.5, 0.6) is 0 Å². The summed E-state index contributed by atoms with van der Waals surface area (Å²) < 4.78 is 11.0. The average molecular weight is 272 g/mol. The van der Waals surface area contributed by atoms with Crippen molar-refractivity contribution in [1.82, 2.24) is 0 Å². The third-order valence-electron chi connectivity index (χ3n) is 4.85. The van der Waals surface area contributed by atoms with Gasteiger partial charge in [-0.2, -0.15) is 0 Å². The van der Waals surface area contributed by atoms with Crippen LogP contribution in [0.25, 0.3) is 0 Å². The molecule has 0 aliphatic heterocycles. The number of ketones is 1. The molecule has 1 aromatic rings. The van der Waals surface area contributed by atoms with E-state index in [9.17, 15) is 4.79 Å². The Labute approximate surface area is 119 Å². The summed E-state index contributed by atoms with van der Waals surface area (Å²) in [5, 5.41) is 0. The lowest BCUT2D eigenvalue weighted by Crippen LogP contribution is -2.59. The van der Waals surface area contributed by atoms with Gasteiger partial charge in [0, 0.05) is 26.1 Å². The van der Waals surface area contributed by atoms with E-state index in [0.29, 0.717) is 0 Å². The van der Waals surface area contributed by atoms with Crippen LogP contribution in [0.4, 0.5) is 0 Å². The van der Waals surface area contributed by atoms with E-state index in [2.05, 4.69) is 25.1 Å². The van der Waals surface area contributed by atoms with Crippen LogP contribution in [-0.4, -0.2) is 25.8 Å². The van der Waals surface area contributed by atoms with Gasteiger partial charge in [0.25, 0.3) is 0 Å². The zero-order valence-electron chi connectivity index (χ0n) is 12.1. The lowest BCUT2D eigenvalue weighted by atomic mass is 9.60. The summed E-state index contributed by atoms with van der Waals surface area (Å²) in [7, 11) is 3.12. The fourth-order valence-corrected chi connectivity index (χ4v) is 3.83. The van der Waals surface area contributed by atoms with E-state index >= 15 is 0 Å². The number of allylic oxidation sites excluding steroid dienone is 1. The average Bonchev–Trinajstić information content (AvgIpc) is 2.50. The third kappa shape index (κ3) is 1.70. The number of methoxy groups -OCH3 is 2. The topological polar surface area (TPSA) is 35.5 Å². The SMILES string of the molecule is COC1(OC)C(=O)[C@@H]2C=C(C)[C@H]1C[C@H]2c1ccccc1. The van der Waals surface area contributed by atoms with Crippen molar-refractivity contribution in [3.05, 3.63) is 47.5 Å². The highest BCUT2D eigenvalue weighted by Gasteiger charge is 2.58. The molecule has 1 aromatic carbocycles. The molecular formula is C17H20O3. The first kappa shape index (κ1) is 13.5. The smallest absolute Gasteiger partial charge is 0.235 e. The van der Waals surface area contributed by atoms with Crippen molar-refractivity contribution in [1.29, 1.82) is 0 Å². The second-order valence-electron chi connectivity index (χ2n) is 5.68. The number of hydrogen-bond donors (Lipinski definition) is 0. The number of rotatable bonds is 3. The summed E-state index contributed by atoms with van der Waals surface area (Å²) in [6.45, 7) is 2.07. The van der Waals surface area contributed by atoms with Crippen LogP contribution in [0.3, 0.4) is 0 Å². The molecule has 0 radical (unpaired) electrons. The van der Waals surface area contributed by atoms with Gasteiger partial charge in [-0.3, -0.25) is 4.79 Å². The van der Waals surface area contributed by atoms with Gasteiger partial charge < -0.3 is 9.47 Å². The van der Waals surface area contributed by atoms with Crippen molar-refractivity contribution in [3.8, 4) is 0 Å². The Morgan fingerprint density at radius 2 is 1.80 bits per heavy atom. The molecule has 0 spiro atoms. The van der Waals surface area contributed by atoms with Gasteiger partial charge in [0.05, 0.1) is 0 Å². The molecule has 0 aromatic heterocycles. The van der Waals surface area contributed by atoms with Crippen LogP contribution in [-0.2, 0) is 14.3 Å². The van der Waals surface area contributed by atoms with Gasteiger partial charge in [-0.05, 0) is 24.8 Å². The maximum atomic E-state index is 12.8. The molecule has 3 nitrogen and oxygen atoms in total. The van der Waals surface area contributed by atoms with Crippen LogP contribution in [0.15, 0.2) is 42.0 Å². The number of carbonyl (C=O) groups is 1. The molecule has 20 heavy (non-hydrogen) atoms. The predicted octanol–water partition coefficient (Wildman–Crippen LogP) is 2.92.